The van der Waals surface area contributed by atoms with Crippen LogP contribution in [0.2, 0.25) is 0 Å². The van der Waals surface area contributed by atoms with Gasteiger partial charge in [-0.1, -0.05) is 13.8 Å². The molecular weight excluding hydrogens is 234 g/mol. The Kier molecular flexibility index (Phi) is 4.91. The van der Waals surface area contributed by atoms with Gasteiger partial charge in [-0.05, 0) is 45.2 Å². The maximum absolute atomic E-state index is 2.69. The van der Waals surface area contributed by atoms with E-state index in [4.69, 9.17) is 0 Å². The van der Waals surface area contributed by atoms with Gasteiger partial charge in [0.05, 0.1) is 0 Å². The molecule has 0 bridgehead atoms. The van der Waals surface area contributed by atoms with E-state index in [1.165, 1.54) is 52.2 Å². The second-order valence-corrected chi connectivity index (χ2v) is 7.64. The molecule has 2 saturated heterocycles. The van der Waals surface area contributed by atoms with Gasteiger partial charge in [0.25, 0.3) is 0 Å². The van der Waals surface area contributed by atoms with Crippen LogP contribution in [0.25, 0.3) is 0 Å². The van der Waals surface area contributed by atoms with Crippen LogP contribution in [-0.2, 0) is 0 Å². The Morgan fingerprint density at radius 2 is 1.68 bits per heavy atom. The van der Waals surface area contributed by atoms with Gasteiger partial charge < -0.3 is 14.7 Å². The van der Waals surface area contributed by atoms with Crippen molar-refractivity contribution in [1.29, 1.82) is 0 Å². The lowest BCUT2D eigenvalue weighted by Crippen LogP contribution is -2.53. The molecule has 0 saturated carbocycles. The average molecular weight is 267 g/mol. The highest BCUT2D eigenvalue weighted by atomic mass is 15.2. The molecule has 0 spiro atoms. The molecule has 2 rings (SSSR count). The summed E-state index contributed by atoms with van der Waals surface area (Å²) in [6.45, 7) is 18.5. The fourth-order valence-electron chi connectivity index (χ4n) is 3.57. The molecule has 0 amide bonds. The summed E-state index contributed by atoms with van der Waals surface area (Å²) in [6, 6.07) is 0.698. The van der Waals surface area contributed by atoms with Crippen LogP contribution < -0.4 is 0 Å². The quantitative estimate of drug-likeness (QED) is 0.774. The topological polar surface area (TPSA) is 9.72 Å². The molecule has 0 N–H and O–H groups in total. The zero-order valence-corrected chi connectivity index (χ0v) is 13.7. The zero-order chi connectivity index (χ0) is 14.0. The smallest absolute Gasteiger partial charge is 0.0110 e. The number of piperidine rings is 1. The largest absolute Gasteiger partial charge is 0.304 e. The van der Waals surface area contributed by atoms with Gasteiger partial charge in [-0.2, -0.15) is 0 Å². The highest BCUT2D eigenvalue weighted by Crippen LogP contribution is 2.36. The van der Waals surface area contributed by atoms with Gasteiger partial charge >= 0.3 is 0 Å². The molecule has 19 heavy (non-hydrogen) atoms. The summed E-state index contributed by atoms with van der Waals surface area (Å²) in [4.78, 5) is 7.79. The lowest BCUT2D eigenvalue weighted by Gasteiger charge is -2.48. The second kappa shape index (κ2) is 6.11. The van der Waals surface area contributed by atoms with E-state index >= 15 is 0 Å². The van der Waals surface area contributed by atoms with Crippen molar-refractivity contribution in [3.63, 3.8) is 0 Å². The van der Waals surface area contributed by atoms with Gasteiger partial charge in [0, 0.05) is 45.3 Å². The Bertz CT molecular complexity index is 280. The fraction of sp³-hybridized carbons (Fsp3) is 1.00. The van der Waals surface area contributed by atoms with Crippen molar-refractivity contribution >= 4 is 0 Å². The third-order valence-corrected chi connectivity index (χ3v) is 5.29. The first-order valence-corrected chi connectivity index (χ1v) is 8.03. The Balaban J connectivity index is 1.87. The molecule has 0 aliphatic carbocycles. The van der Waals surface area contributed by atoms with E-state index in [0.717, 1.165) is 5.92 Å². The minimum absolute atomic E-state index is 0.464. The Labute approximate surface area is 119 Å². The van der Waals surface area contributed by atoms with Gasteiger partial charge in [0.15, 0.2) is 0 Å². The van der Waals surface area contributed by atoms with Crippen molar-refractivity contribution < 1.29 is 0 Å². The highest BCUT2D eigenvalue weighted by molar-refractivity contribution is 4.90. The molecule has 3 heteroatoms. The monoisotopic (exact) mass is 267 g/mol. The molecule has 1 unspecified atom stereocenters. The predicted molar refractivity (Wildman–Crippen MR) is 82.5 cm³/mol. The van der Waals surface area contributed by atoms with Crippen LogP contribution in [-0.4, -0.2) is 73.6 Å². The normalized spacial score (nSPS) is 30.9. The number of rotatable bonds is 3. The van der Waals surface area contributed by atoms with Crippen molar-refractivity contribution in [1.82, 2.24) is 14.7 Å². The Morgan fingerprint density at radius 3 is 2.21 bits per heavy atom. The van der Waals surface area contributed by atoms with Gasteiger partial charge in [0.1, 0.15) is 0 Å². The van der Waals surface area contributed by atoms with E-state index in [9.17, 15) is 0 Å². The summed E-state index contributed by atoms with van der Waals surface area (Å²) in [7, 11) is 2.24. The van der Waals surface area contributed by atoms with Gasteiger partial charge in [0.2, 0.25) is 0 Å². The van der Waals surface area contributed by atoms with E-state index in [2.05, 4.69) is 49.4 Å². The molecule has 2 fully saturated rings. The lowest BCUT2D eigenvalue weighted by atomic mass is 9.73. The number of hydrogen-bond donors (Lipinski definition) is 0. The maximum atomic E-state index is 2.69. The average Bonchev–Trinajstić information content (AvgIpc) is 2.33. The molecular formula is C16H33N3. The molecule has 2 heterocycles. The van der Waals surface area contributed by atoms with E-state index < -0.39 is 0 Å². The van der Waals surface area contributed by atoms with E-state index in [1.54, 1.807) is 0 Å². The molecule has 2 aliphatic rings. The molecule has 3 nitrogen and oxygen atoms in total. The third-order valence-electron chi connectivity index (χ3n) is 5.29. The Morgan fingerprint density at radius 1 is 1.05 bits per heavy atom. The zero-order valence-electron chi connectivity index (χ0n) is 13.7. The summed E-state index contributed by atoms with van der Waals surface area (Å²) in [5.74, 6) is 0.867. The second-order valence-electron chi connectivity index (χ2n) is 7.64. The minimum Gasteiger partial charge on any atom is -0.304 e. The molecule has 0 aromatic carbocycles. The van der Waals surface area contributed by atoms with Crippen LogP contribution in [0.3, 0.4) is 0 Å². The first kappa shape index (κ1) is 15.3. The van der Waals surface area contributed by atoms with Gasteiger partial charge in [-0.3, -0.25) is 0 Å². The molecule has 0 aromatic rings. The third kappa shape index (κ3) is 3.93. The van der Waals surface area contributed by atoms with Crippen LogP contribution >= 0.6 is 0 Å². The fourth-order valence-corrected chi connectivity index (χ4v) is 3.57. The Hall–Kier alpha value is -0.120. The summed E-state index contributed by atoms with van der Waals surface area (Å²) in [5.41, 5.74) is 0.464. The van der Waals surface area contributed by atoms with Crippen LogP contribution in [0, 0.1) is 11.3 Å². The van der Waals surface area contributed by atoms with Gasteiger partial charge in [-0.15, -0.1) is 0 Å². The van der Waals surface area contributed by atoms with Crippen molar-refractivity contribution in [3.05, 3.63) is 0 Å². The summed E-state index contributed by atoms with van der Waals surface area (Å²) >= 11 is 0. The van der Waals surface area contributed by atoms with Crippen LogP contribution in [0.15, 0.2) is 0 Å². The van der Waals surface area contributed by atoms with E-state index in [-0.39, 0.29) is 0 Å². The van der Waals surface area contributed by atoms with Crippen molar-refractivity contribution in [2.45, 2.75) is 40.2 Å². The van der Waals surface area contributed by atoms with Crippen molar-refractivity contribution in [2.24, 2.45) is 11.3 Å². The number of piperazine rings is 1. The summed E-state index contributed by atoms with van der Waals surface area (Å²) in [5, 5.41) is 0. The molecule has 2 aliphatic heterocycles. The minimum atomic E-state index is 0.464. The number of hydrogen-bond acceptors (Lipinski definition) is 3. The number of nitrogens with zero attached hydrogens (tertiary/aromatic N) is 3. The molecule has 112 valence electrons. The summed E-state index contributed by atoms with van der Waals surface area (Å²) < 4.78 is 0. The summed E-state index contributed by atoms with van der Waals surface area (Å²) in [6.07, 6.45) is 1.37. The first-order valence-electron chi connectivity index (χ1n) is 8.03. The predicted octanol–water partition coefficient (Wildman–Crippen LogP) is 1.99. The lowest BCUT2D eigenvalue weighted by molar-refractivity contribution is 0.0104. The van der Waals surface area contributed by atoms with Crippen LogP contribution in [0.1, 0.15) is 34.1 Å². The molecule has 1 atom stereocenters. The first-order chi connectivity index (χ1) is 8.88. The molecule has 0 radical (unpaired) electrons. The number of likely N-dealkylation sites (N-methyl/N-ethyl adjacent to an activating group) is 1. The van der Waals surface area contributed by atoms with Crippen molar-refractivity contribution in [2.75, 3.05) is 52.9 Å². The number of likely N-dealkylation sites (tertiary alicyclic amines) is 1. The van der Waals surface area contributed by atoms with Crippen LogP contribution in [0.5, 0.6) is 0 Å². The van der Waals surface area contributed by atoms with E-state index in [0.29, 0.717) is 11.5 Å². The maximum Gasteiger partial charge on any atom is 0.0110 e. The van der Waals surface area contributed by atoms with Crippen molar-refractivity contribution in [3.8, 4) is 0 Å². The van der Waals surface area contributed by atoms with Crippen LogP contribution in [0.4, 0.5) is 0 Å². The molecule has 0 aromatic heterocycles. The highest BCUT2D eigenvalue weighted by Gasteiger charge is 2.37. The standard InChI is InChI=1S/C16H33N3/c1-14(2)19-7-6-15(16(3,4)13-19)12-18-10-8-17(5)9-11-18/h14-15H,6-13H2,1-5H3. The SMILES string of the molecule is CC(C)N1CCC(CN2CCN(C)CC2)C(C)(C)C1. The van der Waals surface area contributed by atoms with Gasteiger partial charge in [-0.25, -0.2) is 0 Å². The van der Waals surface area contributed by atoms with E-state index in [1.807, 2.05) is 0 Å².